The normalized spacial score (nSPS) is 11.4. The van der Waals surface area contributed by atoms with Crippen LogP contribution < -0.4 is 5.73 Å². The van der Waals surface area contributed by atoms with Gasteiger partial charge in [-0.15, -0.1) is 0 Å². The molecule has 2 rings (SSSR count). The van der Waals surface area contributed by atoms with Crippen molar-refractivity contribution in [3.05, 3.63) is 34.0 Å². The van der Waals surface area contributed by atoms with Gasteiger partial charge < -0.3 is 10.5 Å². The Bertz CT molecular complexity index is 644. The molecule has 6 heteroatoms. The van der Waals surface area contributed by atoms with E-state index in [-0.39, 0.29) is 5.95 Å². The number of anilines is 1. The van der Waals surface area contributed by atoms with Gasteiger partial charge in [0.15, 0.2) is 0 Å². The third kappa shape index (κ3) is 3.30. The van der Waals surface area contributed by atoms with E-state index < -0.39 is 11.7 Å². The van der Waals surface area contributed by atoms with Crippen molar-refractivity contribution in [1.82, 2.24) is 9.55 Å². The molecule has 20 heavy (non-hydrogen) atoms. The van der Waals surface area contributed by atoms with Crippen LogP contribution in [0.4, 0.5) is 10.7 Å². The highest BCUT2D eigenvalue weighted by molar-refractivity contribution is 14.1. The van der Waals surface area contributed by atoms with Crippen LogP contribution in [0.3, 0.4) is 0 Å². The Kier molecular flexibility index (Phi) is 4.03. The molecule has 1 aromatic heterocycles. The lowest BCUT2D eigenvalue weighted by atomic mass is 10.2. The van der Waals surface area contributed by atoms with Crippen molar-refractivity contribution >= 4 is 34.6 Å². The monoisotopic (exact) mass is 385 g/mol. The van der Waals surface area contributed by atoms with Gasteiger partial charge in [0, 0.05) is 9.13 Å². The fourth-order valence-electron chi connectivity index (χ4n) is 1.72. The van der Waals surface area contributed by atoms with Crippen LogP contribution in [-0.4, -0.2) is 21.2 Å². The number of halogens is 1. The molecule has 1 heterocycles. The second kappa shape index (κ2) is 5.43. The lowest BCUT2D eigenvalue weighted by Crippen LogP contribution is -2.28. The van der Waals surface area contributed by atoms with Gasteiger partial charge in [0.05, 0.1) is 11.9 Å². The van der Waals surface area contributed by atoms with Crippen molar-refractivity contribution in [1.29, 1.82) is 0 Å². The molecule has 0 saturated heterocycles. The number of hydrogen-bond acceptors (Lipinski definition) is 4. The predicted octanol–water partition coefficient (Wildman–Crippen LogP) is 3.52. The molecular weight excluding hydrogens is 369 g/mol. The van der Waals surface area contributed by atoms with Crippen LogP contribution in [0.5, 0.6) is 0 Å². The summed E-state index contributed by atoms with van der Waals surface area (Å²) >= 11 is 2.21. The van der Waals surface area contributed by atoms with Crippen molar-refractivity contribution in [2.75, 3.05) is 5.73 Å². The number of aromatic nitrogens is 2. The summed E-state index contributed by atoms with van der Waals surface area (Å²) in [6.07, 6.45) is 1.05. The number of benzene rings is 1. The van der Waals surface area contributed by atoms with Crippen molar-refractivity contribution in [2.45, 2.75) is 26.4 Å². The van der Waals surface area contributed by atoms with Crippen molar-refractivity contribution in [3.63, 3.8) is 0 Å². The molecule has 0 aliphatic carbocycles. The summed E-state index contributed by atoms with van der Waals surface area (Å²) in [6.45, 7) is 5.43. The second-order valence-corrected chi connectivity index (χ2v) is 6.57. The molecule has 5 nitrogen and oxygen atoms in total. The molecule has 0 bridgehead atoms. The Morgan fingerprint density at radius 1 is 1.40 bits per heavy atom. The summed E-state index contributed by atoms with van der Waals surface area (Å²) < 4.78 is 7.71. The van der Waals surface area contributed by atoms with Crippen molar-refractivity contribution < 1.29 is 9.53 Å². The molecule has 0 amide bonds. The Morgan fingerprint density at radius 2 is 2.10 bits per heavy atom. The minimum Gasteiger partial charge on any atom is -0.443 e. The van der Waals surface area contributed by atoms with Crippen LogP contribution in [0.1, 0.15) is 20.8 Å². The minimum absolute atomic E-state index is 0.119. The summed E-state index contributed by atoms with van der Waals surface area (Å²) in [4.78, 5) is 16.3. The summed E-state index contributed by atoms with van der Waals surface area (Å²) in [5, 5.41) is 0. The topological polar surface area (TPSA) is 70.1 Å². The van der Waals surface area contributed by atoms with Crippen molar-refractivity contribution in [3.8, 4) is 11.3 Å². The van der Waals surface area contributed by atoms with Crippen LogP contribution in [0.15, 0.2) is 30.5 Å². The summed E-state index contributed by atoms with van der Waals surface area (Å²) in [5.41, 5.74) is 6.69. The third-order valence-corrected chi connectivity index (χ3v) is 3.16. The number of rotatable bonds is 1. The SMILES string of the molecule is CC(C)(C)OC(=O)n1c(-c2cccc(I)c2)cnc1N. The summed E-state index contributed by atoms with van der Waals surface area (Å²) in [6, 6.07) is 7.75. The van der Waals surface area contributed by atoms with E-state index in [1.54, 1.807) is 6.20 Å². The first kappa shape index (κ1) is 14.8. The first-order chi connectivity index (χ1) is 9.28. The Morgan fingerprint density at radius 3 is 2.70 bits per heavy atom. The van der Waals surface area contributed by atoms with E-state index in [0.717, 1.165) is 9.13 Å². The number of carbonyl (C=O) groups is 1. The van der Waals surface area contributed by atoms with E-state index in [9.17, 15) is 4.79 Å². The first-order valence-corrected chi connectivity index (χ1v) is 7.18. The molecule has 0 fully saturated rings. The molecule has 2 N–H and O–H groups in total. The molecule has 0 saturated carbocycles. The Labute approximate surface area is 131 Å². The quantitative estimate of drug-likeness (QED) is 0.763. The predicted molar refractivity (Wildman–Crippen MR) is 86.4 cm³/mol. The second-order valence-electron chi connectivity index (χ2n) is 5.33. The fraction of sp³-hybridized carbons (Fsp3) is 0.286. The number of carbonyl (C=O) groups excluding carboxylic acids is 1. The molecular formula is C14H16IN3O2. The zero-order valence-electron chi connectivity index (χ0n) is 11.6. The average Bonchev–Trinajstić information content (AvgIpc) is 2.69. The van der Waals surface area contributed by atoms with E-state index in [0.29, 0.717) is 5.69 Å². The smallest absolute Gasteiger partial charge is 0.421 e. The van der Waals surface area contributed by atoms with Crippen LogP contribution in [0, 0.1) is 3.57 Å². The number of nitrogens with two attached hydrogens (primary N) is 1. The molecule has 106 valence electrons. The van der Waals surface area contributed by atoms with Crippen LogP contribution in [0.25, 0.3) is 11.3 Å². The minimum atomic E-state index is -0.587. The highest BCUT2D eigenvalue weighted by atomic mass is 127. The summed E-state index contributed by atoms with van der Waals surface area (Å²) in [5.74, 6) is 0.119. The maximum atomic E-state index is 12.2. The number of imidazole rings is 1. The zero-order valence-corrected chi connectivity index (χ0v) is 13.7. The van der Waals surface area contributed by atoms with Gasteiger partial charge in [-0.25, -0.2) is 14.3 Å². The Hall–Kier alpha value is -1.57. The molecule has 0 unspecified atom stereocenters. The lowest BCUT2D eigenvalue weighted by Gasteiger charge is -2.20. The lowest BCUT2D eigenvalue weighted by molar-refractivity contribution is 0.0543. The van der Waals surface area contributed by atoms with E-state index in [1.807, 2.05) is 45.0 Å². The van der Waals surface area contributed by atoms with Gasteiger partial charge in [-0.3, -0.25) is 0 Å². The maximum absolute atomic E-state index is 12.2. The first-order valence-electron chi connectivity index (χ1n) is 6.10. The summed E-state index contributed by atoms with van der Waals surface area (Å²) in [7, 11) is 0. The average molecular weight is 385 g/mol. The standard InChI is InChI=1S/C14H16IN3O2/c1-14(2,3)20-13(19)18-11(8-17-12(18)16)9-5-4-6-10(15)7-9/h4-8H,1-3H3,(H2,16,17). The van der Waals surface area contributed by atoms with Gasteiger partial charge in [-0.2, -0.15) is 0 Å². The highest BCUT2D eigenvalue weighted by Crippen LogP contribution is 2.24. The molecule has 0 atom stereocenters. The Balaban J connectivity index is 2.45. The van der Waals surface area contributed by atoms with E-state index in [1.165, 1.54) is 4.57 Å². The zero-order chi connectivity index (χ0) is 14.9. The molecule has 1 aromatic carbocycles. The van der Waals surface area contributed by atoms with E-state index >= 15 is 0 Å². The van der Waals surface area contributed by atoms with Crippen molar-refractivity contribution in [2.24, 2.45) is 0 Å². The largest absolute Gasteiger partial charge is 0.443 e. The number of hydrogen-bond donors (Lipinski definition) is 1. The van der Waals surface area contributed by atoms with Gasteiger partial charge in [0.25, 0.3) is 0 Å². The van der Waals surface area contributed by atoms with Crippen LogP contribution >= 0.6 is 22.6 Å². The van der Waals surface area contributed by atoms with Gasteiger partial charge in [0.1, 0.15) is 5.60 Å². The van der Waals surface area contributed by atoms with Gasteiger partial charge >= 0.3 is 6.09 Å². The van der Waals surface area contributed by atoms with Crippen LogP contribution in [0.2, 0.25) is 0 Å². The fourth-order valence-corrected chi connectivity index (χ4v) is 2.26. The maximum Gasteiger partial charge on any atom is 0.421 e. The van der Waals surface area contributed by atoms with Crippen LogP contribution in [-0.2, 0) is 4.74 Å². The molecule has 0 aliphatic heterocycles. The molecule has 0 radical (unpaired) electrons. The van der Waals surface area contributed by atoms with E-state index in [2.05, 4.69) is 27.6 Å². The number of nitrogen functional groups attached to an aromatic ring is 1. The van der Waals surface area contributed by atoms with Gasteiger partial charge in [-0.1, -0.05) is 12.1 Å². The van der Waals surface area contributed by atoms with E-state index in [4.69, 9.17) is 10.5 Å². The molecule has 0 spiro atoms. The number of nitrogens with zero attached hydrogens (tertiary/aromatic N) is 2. The van der Waals surface area contributed by atoms with Gasteiger partial charge in [-0.05, 0) is 55.5 Å². The number of ether oxygens (including phenoxy) is 1. The highest BCUT2D eigenvalue weighted by Gasteiger charge is 2.22. The molecule has 2 aromatic rings. The third-order valence-electron chi connectivity index (χ3n) is 2.49. The van der Waals surface area contributed by atoms with Gasteiger partial charge in [0.2, 0.25) is 5.95 Å². The molecule has 0 aliphatic rings.